The minimum Gasteiger partial charge on any atom is -0.508 e. The fourth-order valence-electron chi connectivity index (χ4n) is 2.91. The Morgan fingerprint density at radius 2 is 1.58 bits per heavy atom. The zero-order chi connectivity index (χ0) is 25.1. The van der Waals surface area contributed by atoms with Gasteiger partial charge in [-0.3, -0.25) is 19.2 Å². The summed E-state index contributed by atoms with van der Waals surface area (Å²) in [5, 5.41) is 25.5. The van der Waals surface area contributed by atoms with Crippen LogP contribution in [0.3, 0.4) is 0 Å². The molecule has 3 unspecified atom stereocenters. The second kappa shape index (κ2) is 13.0. The molecule has 1 rings (SSSR count). The van der Waals surface area contributed by atoms with Crippen LogP contribution in [0.2, 0.25) is 0 Å². The number of phenolic OH excluding ortho intramolecular Hbond substituents is 1. The van der Waals surface area contributed by atoms with Crippen molar-refractivity contribution in [3.63, 3.8) is 0 Å². The van der Waals surface area contributed by atoms with Gasteiger partial charge >= 0.3 is 5.97 Å². The van der Waals surface area contributed by atoms with E-state index in [1.54, 1.807) is 0 Å². The lowest BCUT2D eigenvalue weighted by Gasteiger charge is -2.21. The van der Waals surface area contributed by atoms with Gasteiger partial charge in [-0.15, -0.1) is 0 Å². The highest BCUT2D eigenvalue weighted by Gasteiger charge is 2.27. The number of phenols is 1. The van der Waals surface area contributed by atoms with Crippen molar-refractivity contribution in [3.05, 3.63) is 29.8 Å². The number of benzene rings is 1. The molecule has 182 valence electrons. The summed E-state index contributed by atoms with van der Waals surface area (Å²) in [7, 11) is 0. The number of hydrogen-bond donors (Lipinski definition) is 7. The third-order valence-electron chi connectivity index (χ3n) is 4.53. The van der Waals surface area contributed by atoms with Crippen LogP contribution in [-0.2, 0) is 30.4 Å². The average molecular weight is 466 g/mol. The van der Waals surface area contributed by atoms with Gasteiger partial charge in [0.1, 0.15) is 17.8 Å². The van der Waals surface area contributed by atoms with E-state index in [0.29, 0.717) is 12.0 Å². The lowest BCUT2D eigenvalue weighted by Crippen LogP contribution is -2.54. The van der Waals surface area contributed by atoms with E-state index >= 15 is 0 Å². The van der Waals surface area contributed by atoms with E-state index in [-0.39, 0.29) is 18.1 Å². The molecule has 0 radical (unpaired) electrons. The molecule has 0 saturated carbocycles. The smallest absolute Gasteiger partial charge is 0.326 e. The molecular weight excluding hydrogens is 434 g/mol. The third kappa shape index (κ3) is 10.5. The maximum Gasteiger partial charge on any atom is 0.326 e. The molecule has 0 spiro atoms. The van der Waals surface area contributed by atoms with Crippen LogP contribution >= 0.6 is 0 Å². The summed E-state index contributed by atoms with van der Waals surface area (Å²) >= 11 is 0. The molecule has 0 saturated heterocycles. The van der Waals surface area contributed by atoms with Crippen molar-refractivity contribution in [2.24, 2.45) is 17.4 Å². The number of carboxylic acid groups (broad SMARTS) is 1. The summed E-state index contributed by atoms with van der Waals surface area (Å²) in [6, 6.07) is 2.28. The normalized spacial score (nSPS) is 13.5. The number of nitrogens with two attached hydrogens (primary N) is 2. The Labute approximate surface area is 191 Å². The van der Waals surface area contributed by atoms with Crippen LogP contribution in [0.15, 0.2) is 24.3 Å². The van der Waals surface area contributed by atoms with Gasteiger partial charge in [-0.1, -0.05) is 26.0 Å². The summed E-state index contributed by atoms with van der Waals surface area (Å²) in [4.78, 5) is 59.6. The van der Waals surface area contributed by atoms with Gasteiger partial charge in [0.05, 0.1) is 19.0 Å². The number of aromatic hydroxyl groups is 1. The number of carbonyl (C=O) groups excluding carboxylic acids is 4. The van der Waals surface area contributed by atoms with Crippen molar-refractivity contribution in [1.82, 2.24) is 16.0 Å². The number of nitrogens with one attached hydrogen (secondary N) is 3. The fraction of sp³-hybridized carbons (Fsp3) is 0.476. The number of aliphatic carboxylic acids is 1. The minimum atomic E-state index is -1.34. The molecule has 0 aliphatic rings. The molecule has 0 heterocycles. The second-order valence-electron chi connectivity index (χ2n) is 8.01. The van der Waals surface area contributed by atoms with Crippen LogP contribution in [0, 0.1) is 5.92 Å². The van der Waals surface area contributed by atoms with E-state index in [2.05, 4.69) is 16.0 Å². The topological polar surface area (TPSA) is 214 Å². The standard InChI is InChI=1S/C21H31N5O7/c1-11(2)7-14(22)19(30)26-15(9-17(23)28)20(31)24-10-18(29)25-16(21(32)33)8-12-3-5-13(27)6-4-12/h3-6,11,14-16,27H,7-10,22H2,1-2H3,(H2,23,28)(H,24,31)(H,25,29)(H,26,30)(H,32,33). The predicted octanol–water partition coefficient (Wildman–Crippen LogP) is -1.65. The van der Waals surface area contributed by atoms with Gasteiger partial charge < -0.3 is 37.6 Å². The van der Waals surface area contributed by atoms with Crippen LogP contribution in [-0.4, -0.2) is 64.5 Å². The first kappa shape index (κ1) is 27.4. The predicted molar refractivity (Wildman–Crippen MR) is 118 cm³/mol. The van der Waals surface area contributed by atoms with Crippen LogP contribution in [0.25, 0.3) is 0 Å². The van der Waals surface area contributed by atoms with Crippen molar-refractivity contribution >= 4 is 29.6 Å². The Morgan fingerprint density at radius 1 is 0.970 bits per heavy atom. The molecule has 33 heavy (non-hydrogen) atoms. The minimum absolute atomic E-state index is 0.0140. The van der Waals surface area contributed by atoms with Gasteiger partial charge in [0, 0.05) is 6.42 Å². The van der Waals surface area contributed by atoms with E-state index in [9.17, 15) is 34.2 Å². The quantitative estimate of drug-likeness (QED) is 0.179. The first-order valence-electron chi connectivity index (χ1n) is 10.3. The molecule has 0 aliphatic carbocycles. The maximum atomic E-state index is 12.4. The van der Waals surface area contributed by atoms with Crippen LogP contribution in [0.1, 0.15) is 32.3 Å². The lowest BCUT2D eigenvalue weighted by molar-refractivity contribution is -0.141. The SMILES string of the molecule is CC(C)CC(N)C(=O)NC(CC(N)=O)C(=O)NCC(=O)NC(Cc1ccc(O)cc1)C(=O)O. The highest BCUT2D eigenvalue weighted by atomic mass is 16.4. The Kier molecular flexibility index (Phi) is 10.8. The molecule has 3 atom stereocenters. The summed E-state index contributed by atoms with van der Waals surface area (Å²) in [5.74, 6) is -4.29. The summed E-state index contributed by atoms with van der Waals surface area (Å²) in [6.45, 7) is 3.14. The molecule has 0 aliphatic heterocycles. The molecule has 9 N–H and O–H groups in total. The Morgan fingerprint density at radius 3 is 2.09 bits per heavy atom. The van der Waals surface area contributed by atoms with Crippen LogP contribution in [0.5, 0.6) is 5.75 Å². The van der Waals surface area contributed by atoms with E-state index < -0.39 is 60.7 Å². The van der Waals surface area contributed by atoms with Crippen LogP contribution in [0.4, 0.5) is 0 Å². The zero-order valence-electron chi connectivity index (χ0n) is 18.5. The molecule has 1 aromatic carbocycles. The van der Waals surface area contributed by atoms with E-state index in [4.69, 9.17) is 11.5 Å². The molecule has 12 nitrogen and oxygen atoms in total. The van der Waals surface area contributed by atoms with Crippen molar-refractivity contribution in [3.8, 4) is 5.75 Å². The zero-order valence-corrected chi connectivity index (χ0v) is 18.5. The van der Waals surface area contributed by atoms with Gasteiger partial charge in [0.15, 0.2) is 0 Å². The van der Waals surface area contributed by atoms with Gasteiger partial charge in [-0.2, -0.15) is 0 Å². The molecule has 4 amide bonds. The Balaban J connectivity index is 2.68. The number of primary amides is 1. The van der Waals surface area contributed by atoms with Gasteiger partial charge in [-0.05, 0) is 30.0 Å². The van der Waals surface area contributed by atoms with Gasteiger partial charge in [0.2, 0.25) is 23.6 Å². The highest BCUT2D eigenvalue weighted by Crippen LogP contribution is 2.11. The summed E-state index contributed by atoms with van der Waals surface area (Å²) in [5.41, 5.74) is 11.5. The Hall–Kier alpha value is -3.67. The number of amides is 4. The first-order chi connectivity index (χ1) is 15.4. The number of hydrogen-bond acceptors (Lipinski definition) is 7. The Bertz CT molecular complexity index is 857. The van der Waals surface area contributed by atoms with Crippen molar-refractivity contribution in [1.29, 1.82) is 0 Å². The highest BCUT2D eigenvalue weighted by molar-refractivity contribution is 5.95. The van der Waals surface area contributed by atoms with Gasteiger partial charge in [0.25, 0.3) is 0 Å². The van der Waals surface area contributed by atoms with Gasteiger partial charge in [-0.25, -0.2) is 4.79 Å². The van der Waals surface area contributed by atoms with Crippen molar-refractivity contribution < 1.29 is 34.2 Å². The van der Waals surface area contributed by atoms with E-state index in [1.807, 2.05) is 13.8 Å². The molecule has 0 aromatic heterocycles. The molecular formula is C21H31N5O7. The van der Waals surface area contributed by atoms with E-state index in [1.165, 1.54) is 24.3 Å². The monoisotopic (exact) mass is 465 g/mol. The number of carboxylic acids is 1. The summed E-state index contributed by atoms with van der Waals surface area (Å²) in [6.07, 6.45) is -0.202. The fourth-order valence-corrected chi connectivity index (χ4v) is 2.91. The average Bonchev–Trinajstić information content (AvgIpc) is 2.71. The molecule has 12 heteroatoms. The number of carbonyl (C=O) groups is 5. The largest absolute Gasteiger partial charge is 0.508 e. The molecule has 0 fully saturated rings. The lowest BCUT2D eigenvalue weighted by atomic mass is 10.0. The second-order valence-corrected chi connectivity index (χ2v) is 8.01. The third-order valence-corrected chi connectivity index (χ3v) is 4.53. The van der Waals surface area contributed by atoms with Crippen molar-refractivity contribution in [2.75, 3.05) is 6.54 Å². The molecule has 1 aromatic rings. The van der Waals surface area contributed by atoms with E-state index in [0.717, 1.165) is 0 Å². The van der Waals surface area contributed by atoms with Crippen LogP contribution < -0.4 is 27.4 Å². The molecule has 0 bridgehead atoms. The number of rotatable bonds is 13. The maximum absolute atomic E-state index is 12.4. The first-order valence-corrected chi connectivity index (χ1v) is 10.3. The summed E-state index contributed by atoms with van der Waals surface area (Å²) < 4.78 is 0. The van der Waals surface area contributed by atoms with Crippen molar-refractivity contribution in [2.45, 2.75) is 51.2 Å².